The Morgan fingerprint density at radius 2 is 2.05 bits per heavy atom. The lowest BCUT2D eigenvalue weighted by Gasteiger charge is -2.26. The van der Waals surface area contributed by atoms with Gasteiger partial charge in [0.1, 0.15) is 0 Å². The zero-order valence-corrected chi connectivity index (χ0v) is 14.2. The van der Waals surface area contributed by atoms with E-state index in [1.807, 2.05) is 12.1 Å². The van der Waals surface area contributed by atoms with E-state index in [1.54, 1.807) is 0 Å². The summed E-state index contributed by atoms with van der Waals surface area (Å²) in [5.74, 6) is 0.613. The molecule has 0 atom stereocenters. The third-order valence-electron chi connectivity index (χ3n) is 3.78. The molecule has 2 N–H and O–H groups in total. The number of nitrogen functional groups attached to an aromatic ring is 1. The maximum Gasteiger partial charge on any atom is 0.201 e. The molecule has 0 radical (unpaired) electrons. The maximum atomic E-state index is 6.10. The number of rotatable bonds is 6. The van der Waals surface area contributed by atoms with Crippen LogP contribution in [0.5, 0.6) is 0 Å². The number of anilines is 1. The monoisotopic (exact) mass is 337 g/mol. The summed E-state index contributed by atoms with van der Waals surface area (Å²) in [5.41, 5.74) is 8.42. The number of nitrogens with two attached hydrogens (primary N) is 1. The average Bonchev–Trinajstić information content (AvgIpc) is 2.66. The second-order valence-corrected chi connectivity index (χ2v) is 7.23. The standard InChI is InChI=1S/C16H24BrN3/c1-4-5-6-9-16(2,3)11-20-14-10-12(17)7-8-13(14)19-15(20)18/h7-8,10H,4-6,9,11H2,1-3H3,(H2,18,19). The minimum Gasteiger partial charge on any atom is -0.369 e. The van der Waals surface area contributed by atoms with E-state index in [1.165, 1.54) is 25.7 Å². The molecule has 0 aliphatic heterocycles. The van der Waals surface area contributed by atoms with Crippen LogP contribution in [-0.2, 0) is 6.54 Å². The van der Waals surface area contributed by atoms with Crippen molar-refractivity contribution in [2.75, 3.05) is 5.73 Å². The van der Waals surface area contributed by atoms with Crippen molar-refractivity contribution in [1.82, 2.24) is 9.55 Å². The Hall–Kier alpha value is -1.03. The summed E-state index contributed by atoms with van der Waals surface area (Å²) >= 11 is 3.52. The van der Waals surface area contributed by atoms with Crippen LogP contribution in [0.2, 0.25) is 0 Å². The molecule has 1 heterocycles. The van der Waals surface area contributed by atoms with Crippen molar-refractivity contribution >= 4 is 32.9 Å². The molecule has 1 aromatic carbocycles. The summed E-state index contributed by atoms with van der Waals surface area (Å²) in [6.45, 7) is 7.78. The van der Waals surface area contributed by atoms with Gasteiger partial charge < -0.3 is 10.3 Å². The van der Waals surface area contributed by atoms with Crippen LogP contribution in [0.15, 0.2) is 22.7 Å². The predicted octanol–water partition coefficient (Wildman–Crippen LogP) is 4.99. The normalized spacial score (nSPS) is 12.2. The minimum absolute atomic E-state index is 0.235. The van der Waals surface area contributed by atoms with Gasteiger partial charge >= 0.3 is 0 Å². The summed E-state index contributed by atoms with van der Waals surface area (Å²) in [6, 6.07) is 6.11. The summed E-state index contributed by atoms with van der Waals surface area (Å²) < 4.78 is 3.21. The lowest BCUT2D eigenvalue weighted by molar-refractivity contribution is 0.276. The molecule has 0 aliphatic rings. The molecule has 0 aliphatic carbocycles. The highest BCUT2D eigenvalue weighted by atomic mass is 79.9. The third kappa shape index (κ3) is 3.54. The zero-order valence-electron chi connectivity index (χ0n) is 12.6. The largest absolute Gasteiger partial charge is 0.369 e. The van der Waals surface area contributed by atoms with Crippen LogP contribution in [0.1, 0.15) is 46.5 Å². The number of halogens is 1. The van der Waals surface area contributed by atoms with Crippen LogP contribution in [0.25, 0.3) is 11.0 Å². The molecule has 0 fully saturated rings. The van der Waals surface area contributed by atoms with E-state index >= 15 is 0 Å². The molecule has 0 bridgehead atoms. The summed E-state index contributed by atoms with van der Waals surface area (Å²) in [5, 5.41) is 0. The van der Waals surface area contributed by atoms with Crippen LogP contribution in [0.3, 0.4) is 0 Å². The molecule has 110 valence electrons. The van der Waals surface area contributed by atoms with Gasteiger partial charge in [-0.2, -0.15) is 0 Å². The average molecular weight is 338 g/mol. The molecule has 1 aromatic heterocycles. The number of benzene rings is 1. The Labute approximate surface area is 129 Å². The van der Waals surface area contributed by atoms with Gasteiger partial charge in [0.15, 0.2) is 0 Å². The van der Waals surface area contributed by atoms with Crippen molar-refractivity contribution in [3.05, 3.63) is 22.7 Å². The summed E-state index contributed by atoms with van der Waals surface area (Å²) in [6.07, 6.45) is 5.06. The molecule has 0 amide bonds. The molecule has 0 spiro atoms. The zero-order chi connectivity index (χ0) is 14.8. The Balaban J connectivity index is 2.24. The summed E-state index contributed by atoms with van der Waals surface area (Å²) in [4.78, 5) is 4.45. The highest BCUT2D eigenvalue weighted by Gasteiger charge is 2.21. The van der Waals surface area contributed by atoms with Gasteiger partial charge in [-0.25, -0.2) is 4.98 Å². The van der Waals surface area contributed by atoms with E-state index in [2.05, 4.69) is 52.3 Å². The number of imidazole rings is 1. The van der Waals surface area contributed by atoms with Gasteiger partial charge in [0.05, 0.1) is 11.0 Å². The Morgan fingerprint density at radius 1 is 1.30 bits per heavy atom. The molecular formula is C16H24BrN3. The number of hydrogen-bond acceptors (Lipinski definition) is 2. The van der Waals surface area contributed by atoms with Crippen molar-refractivity contribution in [2.45, 2.75) is 53.0 Å². The first-order valence-corrected chi connectivity index (χ1v) is 8.13. The lowest BCUT2D eigenvalue weighted by Crippen LogP contribution is -2.20. The van der Waals surface area contributed by atoms with Gasteiger partial charge in [0.2, 0.25) is 5.95 Å². The van der Waals surface area contributed by atoms with Crippen molar-refractivity contribution in [2.24, 2.45) is 5.41 Å². The van der Waals surface area contributed by atoms with Gasteiger partial charge in [-0.15, -0.1) is 0 Å². The number of nitrogens with zero attached hydrogens (tertiary/aromatic N) is 2. The first-order chi connectivity index (χ1) is 9.43. The van der Waals surface area contributed by atoms with Gasteiger partial charge in [0, 0.05) is 11.0 Å². The summed E-state index contributed by atoms with van der Waals surface area (Å²) in [7, 11) is 0. The molecule has 2 aromatic rings. The quantitative estimate of drug-likeness (QED) is 0.754. The second kappa shape index (κ2) is 6.17. The fraction of sp³-hybridized carbons (Fsp3) is 0.562. The van der Waals surface area contributed by atoms with Crippen LogP contribution in [0.4, 0.5) is 5.95 Å². The molecule has 4 heteroatoms. The van der Waals surface area contributed by atoms with Crippen LogP contribution < -0.4 is 5.73 Å². The van der Waals surface area contributed by atoms with E-state index < -0.39 is 0 Å². The van der Waals surface area contributed by atoms with Crippen molar-refractivity contribution in [1.29, 1.82) is 0 Å². The van der Waals surface area contributed by atoms with E-state index in [0.717, 1.165) is 22.1 Å². The topological polar surface area (TPSA) is 43.8 Å². The molecule has 20 heavy (non-hydrogen) atoms. The van der Waals surface area contributed by atoms with Crippen molar-refractivity contribution in [3.8, 4) is 0 Å². The van der Waals surface area contributed by atoms with Crippen molar-refractivity contribution in [3.63, 3.8) is 0 Å². The fourth-order valence-electron chi connectivity index (χ4n) is 2.64. The van der Waals surface area contributed by atoms with E-state index in [4.69, 9.17) is 5.73 Å². The second-order valence-electron chi connectivity index (χ2n) is 6.31. The minimum atomic E-state index is 0.235. The highest BCUT2D eigenvalue weighted by molar-refractivity contribution is 9.10. The van der Waals surface area contributed by atoms with Gasteiger partial charge in [0.25, 0.3) is 0 Å². The number of fused-ring (bicyclic) bond motifs is 1. The fourth-order valence-corrected chi connectivity index (χ4v) is 2.99. The highest BCUT2D eigenvalue weighted by Crippen LogP contribution is 2.30. The first-order valence-electron chi connectivity index (χ1n) is 7.34. The van der Waals surface area contributed by atoms with Gasteiger partial charge in [-0.05, 0) is 30.0 Å². The first kappa shape index (κ1) is 15.4. The van der Waals surface area contributed by atoms with Gasteiger partial charge in [-0.1, -0.05) is 56.0 Å². The van der Waals surface area contributed by atoms with Crippen LogP contribution >= 0.6 is 15.9 Å². The van der Waals surface area contributed by atoms with Crippen molar-refractivity contribution < 1.29 is 0 Å². The maximum absolute atomic E-state index is 6.10. The smallest absolute Gasteiger partial charge is 0.201 e. The van der Waals surface area contributed by atoms with Crippen LogP contribution in [-0.4, -0.2) is 9.55 Å². The van der Waals surface area contributed by atoms with Crippen LogP contribution in [0, 0.1) is 5.41 Å². The Bertz CT molecular complexity index is 587. The molecule has 2 rings (SSSR count). The molecule has 3 nitrogen and oxygen atoms in total. The van der Waals surface area contributed by atoms with E-state index in [9.17, 15) is 0 Å². The molecule has 0 unspecified atom stereocenters. The third-order valence-corrected chi connectivity index (χ3v) is 4.28. The Kier molecular flexibility index (Phi) is 4.74. The Morgan fingerprint density at radius 3 is 2.75 bits per heavy atom. The number of aromatic nitrogens is 2. The predicted molar refractivity (Wildman–Crippen MR) is 89.8 cm³/mol. The lowest BCUT2D eigenvalue weighted by atomic mass is 9.86. The molecule has 0 saturated carbocycles. The van der Waals surface area contributed by atoms with Gasteiger partial charge in [-0.3, -0.25) is 0 Å². The molecule has 0 saturated heterocycles. The number of hydrogen-bond donors (Lipinski definition) is 1. The molecular weight excluding hydrogens is 314 g/mol. The number of unbranched alkanes of at least 4 members (excludes halogenated alkanes) is 2. The SMILES string of the molecule is CCCCCC(C)(C)Cn1c(N)nc2ccc(Br)cc21. The van der Waals surface area contributed by atoms with E-state index in [0.29, 0.717) is 5.95 Å². The van der Waals surface area contributed by atoms with E-state index in [-0.39, 0.29) is 5.41 Å².